The van der Waals surface area contributed by atoms with E-state index >= 15 is 0 Å². The molecule has 0 unspecified atom stereocenters. The molecule has 0 aliphatic heterocycles. The SMILES string of the molecule is CCOC(=O)[C@@H](CC=C(C)C)[C@H](O)CC. The van der Waals surface area contributed by atoms with Crippen LogP contribution < -0.4 is 0 Å². The van der Waals surface area contributed by atoms with Gasteiger partial charge in [0, 0.05) is 0 Å². The van der Waals surface area contributed by atoms with Crippen LogP contribution in [0.25, 0.3) is 0 Å². The molecular weight excluding hydrogens is 192 g/mol. The highest BCUT2D eigenvalue weighted by molar-refractivity contribution is 5.73. The summed E-state index contributed by atoms with van der Waals surface area (Å²) >= 11 is 0. The molecule has 0 aromatic rings. The van der Waals surface area contributed by atoms with Gasteiger partial charge >= 0.3 is 5.97 Å². The molecule has 1 N–H and O–H groups in total. The Morgan fingerprint density at radius 1 is 1.40 bits per heavy atom. The van der Waals surface area contributed by atoms with Gasteiger partial charge in [0.2, 0.25) is 0 Å². The topological polar surface area (TPSA) is 46.5 Å². The lowest BCUT2D eigenvalue weighted by Gasteiger charge is -2.18. The predicted octanol–water partition coefficient (Wildman–Crippen LogP) is 2.29. The quantitative estimate of drug-likeness (QED) is 0.545. The molecule has 0 aliphatic rings. The third-order valence-electron chi connectivity index (χ3n) is 2.25. The van der Waals surface area contributed by atoms with Crippen molar-refractivity contribution in [2.45, 2.75) is 46.6 Å². The lowest BCUT2D eigenvalue weighted by Crippen LogP contribution is -2.29. The third-order valence-corrected chi connectivity index (χ3v) is 2.25. The number of aliphatic hydroxyl groups excluding tert-OH is 1. The van der Waals surface area contributed by atoms with Crippen molar-refractivity contribution in [3.05, 3.63) is 11.6 Å². The minimum absolute atomic E-state index is 0.302. The molecule has 0 aliphatic carbocycles. The summed E-state index contributed by atoms with van der Waals surface area (Å²) in [6.45, 7) is 7.94. The van der Waals surface area contributed by atoms with Crippen molar-refractivity contribution >= 4 is 5.97 Å². The Morgan fingerprint density at radius 3 is 2.40 bits per heavy atom. The van der Waals surface area contributed by atoms with Gasteiger partial charge in [0.05, 0.1) is 18.6 Å². The van der Waals surface area contributed by atoms with Crippen molar-refractivity contribution in [1.29, 1.82) is 0 Å². The van der Waals surface area contributed by atoms with E-state index in [9.17, 15) is 9.90 Å². The summed E-state index contributed by atoms with van der Waals surface area (Å²) in [5, 5.41) is 9.70. The summed E-state index contributed by atoms with van der Waals surface area (Å²) in [6.07, 6.45) is 2.47. The Labute approximate surface area is 92.1 Å². The van der Waals surface area contributed by atoms with Crippen molar-refractivity contribution in [2.24, 2.45) is 5.92 Å². The van der Waals surface area contributed by atoms with Gasteiger partial charge in [-0.1, -0.05) is 18.6 Å². The molecule has 0 rings (SSSR count). The molecule has 3 heteroatoms. The largest absolute Gasteiger partial charge is 0.466 e. The van der Waals surface area contributed by atoms with E-state index in [4.69, 9.17) is 4.74 Å². The molecule has 0 fully saturated rings. The van der Waals surface area contributed by atoms with Gasteiger partial charge < -0.3 is 9.84 Å². The van der Waals surface area contributed by atoms with Crippen molar-refractivity contribution in [1.82, 2.24) is 0 Å². The molecule has 15 heavy (non-hydrogen) atoms. The van der Waals surface area contributed by atoms with Gasteiger partial charge in [0.1, 0.15) is 0 Å². The Bertz CT molecular complexity index is 217. The van der Waals surface area contributed by atoms with E-state index in [0.717, 1.165) is 5.57 Å². The molecule has 0 saturated carbocycles. The smallest absolute Gasteiger partial charge is 0.311 e. The van der Waals surface area contributed by atoms with Crippen LogP contribution in [0.2, 0.25) is 0 Å². The summed E-state index contributed by atoms with van der Waals surface area (Å²) in [5.41, 5.74) is 1.15. The zero-order valence-corrected chi connectivity index (χ0v) is 10.1. The first-order chi connectivity index (χ1) is 7.02. The van der Waals surface area contributed by atoms with Gasteiger partial charge in [-0.05, 0) is 33.6 Å². The highest BCUT2D eigenvalue weighted by Gasteiger charge is 2.25. The molecule has 0 radical (unpaired) electrons. The maximum absolute atomic E-state index is 11.5. The zero-order chi connectivity index (χ0) is 11.8. The Hall–Kier alpha value is -0.830. The number of hydrogen-bond acceptors (Lipinski definition) is 3. The van der Waals surface area contributed by atoms with E-state index in [0.29, 0.717) is 19.4 Å². The van der Waals surface area contributed by atoms with Gasteiger partial charge in [-0.15, -0.1) is 0 Å². The average molecular weight is 214 g/mol. The van der Waals surface area contributed by atoms with Crippen LogP contribution in [-0.4, -0.2) is 23.8 Å². The molecule has 2 atom stereocenters. The van der Waals surface area contributed by atoms with Crippen LogP contribution >= 0.6 is 0 Å². The van der Waals surface area contributed by atoms with Crippen LogP contribution in [0, 0.1) is 5.92 Å². The van der Waals surface area contributed by atoms with E-state index in [1.54, 1.807) is 6.92 Å². The van der Waals surface area contributed by atoms with Gasteiger partial charge in [-0.2, -0.15) is 0 Å². The number of carbonyl (C=O) groups is 1. The van der Waals surface area contributed by atoms with E-state index < -0.39 is 12.0 Å². The van der Waals surface area contributed by atoms with Crippen molar-refractivity contribution < 1.29 is 14.6 Å². The fourth-order valence-electron chi connectivity index (χ4n) is 1.31. The number of hydrogen-bond donors (Lipinski definition) is 1. The van der Waals surface area contributed by atoms with Crippen LogP contribution in [0.3, 0.4) is 0 Å². The second-order valence-corrected chi connectivity index (χ2v) is 3.85. The maximum Gasteiger partial charge on any atom is 0.311 e. The number of aliphatic hydroxyl groups is 1. The fourth-order valence-corrected chi connectivity index (χ4v) is 1.31. The number of carbonyl (C=O) groups excluding carboxylic acids is 1. The molecule has 0 aromatic heterocycles. The normalized spacial score (nSPS) is 14.2. The molecule has 0 spiro atoms. The Kier molecular flexibility index (Phi) is 7.05. The van der Waals surface area contributed by atoms with Crippen LogP contribution in [-0.2, 0) is 9.53 Å². The second kappa shape index (κ2) is 7.46. The van der Waals surface area contributed by atoms with E-state index in [1.807, 2.05) is 26.8 Å². The number of rotatable bonds is 6. The first-order valence-corrected chi connectivity index (χ1v) is 5.50. The summed E-state index contributed by atoms with van der Waals surface area (Å²) in [4.78, 5) is 11.5. The van der Waals surface area contributed by atoms with Crippen LogP contribution in [0.5, 0.6) is 0 Å². The van der Waals surface area contributed by atoms with E-state index in [-0.39, 0.29) is 5.97 Å². The van der Waals surface area contributed by atoms with E-state index in [2.05, 4.69) is 0 Å². The molecule has 0 heterocycles. The third kappa shape index (κ3) is 5.57. The van der Waals surface area contributed by atoms with E-state index in [1.165, 1.54) is 0 Å². The van der Waals surface area contributed by atoms with Gasteiger partial charge in [0.15, 0.2) is 0 Å². The highest BCUT2D eigenvalue weighted by atomic mass is 16.5. The average Bonchev–Trinajstić information content (AvgIpc) is 2.17. The minimum Gasteiger partial charge on any atom is -0.466 e. The van der Waals surface area contributed by atoms with Crippen LogP contribution in [0.1, 0.15) is 40.5 Å². The Morgan fingerprint density at radius 2 is 2.00 bits per heavy atom. The molecular formula is C12H22O3. The summed E-state index contributed by atoms with van der Waals surface area (Å²) in [7, 11) is 0. The highest BCUT2D eigenvalue weighted by Crippen LogP contribution is 2.16. The molecule has 0 saturated heterocycles. The maximum atomic E-state index is 11.5. The van der Waals surface area contributed by atoms with Crippen molar-refractivity contribution in [3.8, 4) is 0 Å². The molecule has 3 nitrogen and oxygen atoms in total. The van der Waals surface area contributed by atoms with Crippen LogP contribution in [0.15, 0.2) is 11.6 Å². The minimum atomic E-state index is -0.611. The lowest BCUT2D eigenvalue weighted by molar-refractivity contribution is -0.151. The standard InChI is InChI=1S/C12H22O3/c1-5-11(13)10(8-7-9(3)4)12(14)15-6-2/h7,10-11,13H,5-6,8H2,1-4H3/t10-,11+/m0/s1. The summed E-state index contributed by atoms with van der Waals surface area (Å²) in [6, 6.07) is 0. The lowest BCUT2D eigenvalue weighted by atomic mass is 9.96. The number of ether oxygens (including phenoxy) is 1. The summed E-state index contributed by atoms with van der Waals surface area (Å²) in [5.74, 6) is -0.728. The van der Waals surface area contributed by atoms with Crippen LogP contribution in [0.4, 0.5) is 0 Å². The Balaban J connectivity index is 4.43. The molecule has 0 aromatic carbocycles. The number of esters is 1. The van der Waals surface area contributed by atoms with Gasteiger partial charge in [-0.3, -0.25) is 4.79 Å². The van der Waals surface area contributed by atoms with Crippen molar-refractivity contribution in [2.75, 3.05) is 6.61 Å². The second-order valence-electron chi connectivity index (χ2n) is 3.85. The molecule has 88 valence electrons. The van der Waals surface area contributed by atoms with Gasteiger partial charge in [-0.25, -0.2) is 0 Å². The number of allylic oxidation sites excluding steroid dienone is 2. The molecule has 0 amide bonds. The van der Waals surface area contributed by atoms with Gasteiger partial charge in [0.25, 0.3) is 0 Å². The first kappa shape index (κ1) is 14.2. The monoisotopic (exact) mass is 214 g/mol. The molecule has 0 bridgehead atoms. The predicted molar refractivity (Wildman–Crippen MR) is 60.5 cm³/mol. The first-order valence-electron chi connectivity index (χ1n) is 5.50. The zero-order valence-electron chi connectivity index (χ0n) is 10.1. The van der Waals surface area contributed by atoms with Crippen molar-refractivity contribution in [3.63, 3.8) is 0 Å². The summed E-state index contributed by atoms with van der Waals surface area (Å²) < 4.78 is 4.93. The fraction of sp³-hybridized carbons (Fsp3) is 0.750.